The molecule has 2 heterocycles. The van der Waals surface area contributed by atoms with Crippen LogP contribution in [0, 0.1) is 5.92 Å². The lowest BCUT2D eigenvalue weighted by Crippen LogP contribution is -2.41. The number of methoxy groups -OCH3 is 1. The Morgan fingerprint density at radius 3 is 2.16 bits per heavy atom. The minimum absolute atomic E-state index is 0.00380. The lowest BCUT2D eigenvalue weighted by atomic mass is 9.97. The Bertz CT molecular complexity index is 1180. The quantitative estimate of drug-likeness (QED) is 0.619. The molecule has 9 nitrogen and oxygen atoms in total. The Morgan fingerprint density at radius 1 is 1.03 bits per heavy atom. The SMILES string of the molecule is COC(=O)c1ccsc1NC(=O)C1CCN(S(=O)(=O)c2ccc(S(C)(=O)=O)cc2)CC1. The number of carbonyl (C=O) groups excluding carboxylic acids is 2. The molecule has 1 N–H and O–H groups in total. The first-order chi connectivity index (χ1) is 14.5. The van der Waals surface area contributed by atoms with Crippen LogP contribution < -0.4 is 5.32 Å². The van der Waals surface area contributed by atoms with Gasteiger partial charge < -0.3 is 10.1 Å². The molecule has 0 unspecified atom stereocenters. The van der Waals surface area contributed by atoms with Crippen LogP contribution in [0.1, 0.15) is 23.2 Å². The van der Waals surface area contributed by atoms with E-state index in [1.807, 2.05) is 0 Å². The molecule has 31 heavy (non-hydrogen) atoms. The Morgan fingerprint density at radius 2 is 1.61 bits per heavy atom. The van der Waals surface area contributed by atoms with Crippen molar-refractivity contribution in [1.82, 2.24) is 4.31 Å². The molecule has 1 fully saturated rings. The standard InChI is InChI=1S/C19H22N2O7S3/c1-28-19(23)16-9-12-29-18(16)20-17(22)13-7-10-21(11-8-13)31(26,27)15-5-3-14(4-6-15)30(2,24)25/h3-6,9,12-13H,7-8,10-11H2,1-2H3,(H,20,22). The van der Waals surface area contributed by atoms with Crippen molar-refractivity contribution in [2.45, 2.75) is 22.6 Å². The van der Waals surface area contributed by atoms with Gasteiger partial charge in [-0.3, -0.25) is 4.79 Å². The van der Waals surface area contributed by atoms with Gasteiger partial charge in [0.15, 0.2) is 9.84 Å². The summed E-state index contributed by atoms with van der Waals surface area (Å²) in [5.41, 5.74) is 0.276. The second kappa shape index (κ2) is 9.07. The highest BCUT2D eigenvalue weighted by molar-refractivity contribution is 7.90. The Balaban J connectivity index is 1.64. The number of nitrogens with one attached hydrogen (secondary N) is 1. The average Bonchev–Trinajstić information content (AvgIpc) is 3.20. The predicted octanol–water partition coefficient (Wildman–Crippen LogP) is 1.98. The first-order valence-corrected chi connectivity index (χ1v) is 13.5. The first-order valence-electron chi connectivity index (χ1n) is 9.31. The van der Waals surface area contributed by atoms with Crippen LogP contribution in [-0.2, 0) is 29.4 Å². The van der Waals surface area contributed by atoms with Crippen molar-refractivity contribution in [2.75, 3.05) is 31.8 Å². The fourth-order valence-corrected chi connectivity index (χ4v) is 6.14. The van der Waals surface area contributed by atoms with E-state index in [4.69, 9.17) is 4.74 Å². The van der Waals surface area contributed by atoms with Crippen LogP contribution in [0.15, 0.2) is 45.5 Å². The van der Waals surface area contributed by atoms with E-state index in [0.717, 1.165) is 6.26 Å². The number of anilines is 1. The number of esters is 1. The minimum atomic E-state index is -3.80. The zero-order chi connectivity index (χ0) is 22.8. The molecule has 3 rings (SSSR count). The van der Waals surface area contributed by atoms with E-state index in [-0.39, 0.29) is 34.4 Å². The largest absolute Gasteiger partial charge is 0.465 e. The molecule has 1 aliphatic heterocycles. The number of sulfone groups is 1. The van der Waals surface area contributed by atoms with Crippen molar-refractivity contribution in [3.8, 4) is 0 Å². The van der Waals surface area contributed by atoms with E-state index in [9.17, 15) is 26.4 Å². The number of benzene rings is 1. The van der Waals surface area contributed by atoms with Crippen molar-refractivity contribution in [3.63, 3.8) is 0 Å². The fraction of sp³-hybridized carbons (Fsp3) is 0.368. The molecule has 1 saturated heterocycles. The van der Waals surface area contributed by atoms with E-state index < -0.39 is 31.7 Å². The van der Waals surface area contributed by atoms with E-state index >= 15 is 0 Å². The van der Waals surface area contributed by atoms with E-state index in [0.29, 0.717) is 17.8 Å². The zero-order valence-electron chi connectivity index (χ0n) is 16.9. The predicted molar refractivity (Wildman–Crippen MR) is 115 cm³/mol. The molecule has 1 aromatic carbocycles. The van der Waals surface area contributed by atoms with Gasteiger partial charge in [-0.15, -0.1) is 11.3 Å². The van der Waals surface area contributed by atoms with Gasteiger partial charge in [0.25, 0.3) is 0 Å². The van der Waals surface area contributed by atoms with Gasteiger partial charge in [-0.1, -0.05) is 0 Å². The van der Waals surface area contributed by atoms with E-state index in [2.05, 4.69) is 5.32 Å². The second-order valence-corrected chi connectivity index (χ2v) is 11.9. The highest BCUT2D eigenvalue weighted by Crippen LogP contribution is 2.28. The molecule has 12 heteroatoms. The van der Waals surface area contributed by atoms with Crippen LogP contribution in [0.4, 0.5) is 5.00 Å². The minimum Gasteiger partial charge on any atom is -0.465 e. The number of amides is 1. The number of ether oxygens (including phenoxy) is 1. The van der Waals surface area contributed by atoms with Gasteiger partial charge in [0.2, 0.25) is 15.9 Å². The molecule has 0 aliphatic carbocycles. The molecule has 1 amide bonds. The van der Waals surface area contributed by atoms with Gasteiger partial charge in [0, 0.05) is 25.3 Å². The number of piperidine rings is 1. The van der Waals surface area contributed by atoms with Crippen LogP contribution in [-0.4, -0.2) is 59.5 Å². The first kappa shape index (κ1) is 23.4. The molecule has 0 radical (unpaired) electrons. The smallest absolute Gasteiger partial charge is 0.340 e. The maximum atomic E-state index is 12.9. The van der Waals surface area contributed by atoms with Crippen LogP contribution in [0.25, 0.3) is 0 Å². The van der Waals surface area contributed by atoms with Crippen molar-refractivity contribution in [2.24, 2.45) is 5.92 Å². The summed E-state index contributed by atoms with van der Waals surface area (Å²) in [5, 5.41) is 4.81. The third-order valence-corrected chi connectivity index (χ3v) is 8.89. The lowest BCUT2D eigenvalue weighted by molar-refractivity contribution is -0.120. The van der Waals surface area contributed by atoms with Gasteiger partial charge >= 0.3 is 5.97 Å². The summed E-state index contributed by atoms with van der Waals surface area (Å²) in [6.07, 6.45) is 1.70. The summed E-state index contributed by atoms with van der Waals surface area (Å²) in [7, 11) is -5.96. The summed E-state index contributed by atoms with van der Waals surface area (Å²) < 4.78 is 54.8. The second-order valence-electron chi connectivity index (χ2n) is 7.07. The zero-order valence-corrected chi connectivity index (χ0v) is 19.3. The van der Waals surface area contributed by atoms with Crippen LogP contribution in [0.3, 0.4) is 0 Å². The summed E-state index contributed by atoms with van der Waals surface area (Å²) in [6.45, 7) is 0.311. The number of nitrogens with zero attached hydrogens (tertiary/aromatic N) is 1. The fourth-order valence-electron chi connectivity index (χ4n) is 3.26. The molecule has 0 bridgehead atoms. The third kappa shape index (κ3) is 5.14. The van der Waals surface area contributed by atoms with Crippen molar-refractivity contribution < 1.29 is 31.2 Å². The Kier molecular flexibility index (Phi) is 6.84. The number of carbonyl (C=O) groups is 2. The number of hydrogen-bond donors (Lipinski definition) is 1. The maximum Gasteiger partial charge on any atom is 0.340 e. The number of thiophene rings is 1. The summed E-state index contributed by atoms with van der Waals surface area (Å²) in [5.74, 6) is -1.21. The summed E-state index contributed by atoms with van der Waals surface area (Å²) >= 11 is 1.21. The van der Waals surface area contributed by atoms with Gasteiger partial charge in [-0.2, -0.15) is 4.31 Å². The van der Waals surface area contributed by atoms with Crippen molar-refractivity contribution >= 4 is 48.1 Å². The lowest BCUT2D eigenvalue weighted by Gasteiger charge is -2.30. The van der Waals surface area contributed by atoms with E-state index in [1.54, 1.807) is 11.4 Å². The van der Waals surface area contributed by atoms with Gasteiger partial charge in [-0.25, -0.2) is 21.6 Å². The maximum absolute atomic E-state index is 12.9. The Labute approximate surface area is 185 Å². The normalized spacial score (nSPS) is 16.1. The molecule has 1 aliphatic rings. The Hall–Kier alpha value is -2.28. The molecule has 0 spiro atoms. The number of sulfonamides is 1. The molecule has 168 valence electrons. The van der Waals surface area contributed by atoms with E-state index in [1.165, 1.54) is 47.0 Å². The molecule has 0 atom stereocenters. The summed E-state index contributed by atoms with van der Waals surface area (Å²) in [6, 6.07) is 6.65. The third-order valence-electron chi connectivity index (χ3n) is 5.02. The van der Waals surface area contributed by atoms with Crippen LogP contribution in [0.2, 0.25) is 0 Å². The molecule has 0 saturated carbocycles. The van der Waals surface area contributed by atoms with Gasteiger partial charge in [-0.05, 0) is 48.6 Å². The molecular formula is C19H22N2O7S3. The molecule has 1 aromatic heterocycles. The van der Waals surface area contributed by atoms with Crippen LogP contribution in [0.5, 0.6) is 0 Å². The monoisotopic (exact) mass is 486 g/mol. The van der Waals surface area contributed by atoms with Crippen LogP contribution >= 0.6 is 11.3 Å². The number of rotatable bonds is 6. The highest BCUT2D eigenvalue weighted by Gasteiger charge is 2.32. The molecular weight excluding hydrogens is 464 g/mol. The van der Waals surface area contributed by atoms with Gasteiger partial charge in [0.05, 0.1) is 22.5 Å². The number of hydrogen-bond acceptors (Lipinski definition) is 8. The average molecular weight is 487 g/mol. The van der Waals surface area contributed by atoms with Crippen molar-refractivity contribution in [3.05, 3.63) is 41.3 Å². The van der Waals surface area contributed by atoms with Crippen molar-refractivity contribution in [1.29, 1.82) is 0 Å². The van der Waals surface area contributed by atoms with Gasteiger partial charge in [0.1, 0.15) is 5.00 Å². The highest BCUT2D eigenvalue weighted by atomic mass is 32.2. The molecule has 2 aromatic rings. The summed E-state index contributed by atoms with van der Waals surface area (Å²) in [4.78, 5) is 24.4. The topological polar surface area (TPSA) is 127 Å².